The Morgan fingerprint density at radius 3 is 2.29 bits per heavy atom. The number of anilines is 2. The summed E-state index contributed by atoms with van der Waals surface area (Å²) in [5.41, 5.74) is 0.305. The van der Waals surface area contributed by atoms with E-state index in [1.54, 1.807) is 0 Å². The molecular weight excluding hydrogens is 462 g/mol. The first kappa shape index (κ1) is 26.8. The number of ether oxygens (including phenoxy) is 3. The predicted molar refractivity (Wildman–Crippen MR) is 124 cm³/mol. The van der Waals surface area contributed by atoms with E-state index in [-0.39, 0.29) is 24.2 Å². The minimum absolute atomic E-state index is 0.112. The van der Waals surface area contributed by atoms with Gasteiger partial charge in [0.1, 0.15) is 11.4 Å². The number of nitro groups is 1. The second kappa shape index (κ2) is 13.3. The summed E-state index contributed by atoms with van der Waals surface area (Å²) >= 11 is 0. The molecule has 12 nitrogen and oxygen atoms in total. The van der Waals surface area contributed by atoms with Crippen molar-refractivity contribution in [1.29, 1.82) is 0 Å². The van der Waals surface area contributed by atoms with Gasteiger partial charge >= 0.3 is 11.9 Å². The van der Waals surface area contributed by atoms with E-state index in [1.807, 2.05) is 6.92 Å². The first-order valence-electron chi connectivity index (χ1n) is 10.6. The van der Waals surface area contributed by atoms with E-state index < -0.39 is 35.3 Å². The summed E-state index contributed by atoms with van der Waals surface area (Å²) in [6, 6.07) is 9.88. The van der Waals surface area contributed by atoms with Crippen LogP contribution in [0.4, 0.5) is 17.1 Å². The fourth-order valence-corrected chi connectivity index (χ4v) is 2.71. The van der Waals surface area contributed by atoms with E-state index in [0.717, 1.165) is 0 Å². The molecule has 0 aromatic heterocycles. The Morgan fingerprint density at radius 1 is 0.943 bits per heavy atom. The fourth-order valence-electron chi connectivity index (χ4n) is 2.71. The van der Waals surface area contributed by atoms with Gasteiger partial charge < -0.3 is 24.8 Å². The van der Waals surface area contributed by atoms with E-state index in [1.165, 1.54) is 49.6 Å². The van der Waals surface area contributed by atoms with Crippen LogP contribution in [-0.2, 0) is 23.9 Å². The summed E-state index contributed by atoms with van der Waals surface area (Å²) in [5, 5.41) is 16.0. The van der Waals surface area contributed by atoms with E-state index in [2.05, 4.69) is 10.6 Å². The zero-order valence-electron chi connectivity index (χ0n) is 19.2. The van der Waals surface area contributed by atoms with Crippen molar-refractivity contribution >= 4 is 40.8 Å². The molecule has 0 aliphatic carbocycles. The van der Waals surface area contributed by atoms with Crippen LogP contribution in [0.2, 0.25) is 0 Å². The molecule has 0 unspecified atom stereocenters. The van der Waals surface area contributed by atoms with Crippen molar-refractivity contribution in [2.24, 2.45) is 0 Å². The third-order valence-electron chi connectivity index (χ3n) is 4.44. The van der Waals surface area contributed by atoms with Crippen LogP contribution in [0.25, 0.3) is 0 Å². The molecule has 0 aliphatic heterocycles. The average molecular weight is 487 g/mol. The second-order valence-electron chi connectivity index (χ2n) is 7.11. The minimum Gasteiger partial charge on any atom is -0.497 e. The molecule has 0 saturated heterocycles. The molecule has 2 aromatic carbocycles. The van der Waals surface area contributed by atoms with Crippen molar-refractivity contribution in [2.75, 3.05) is 31.0 Å². The lowest BCUT2D eigenvalue weighted by Crippen LogP contribution is -2.22. The van der Waals surface area contributed by atoms with Gasteiger partial charge in [-0.1, -0.05) is 6.92 Å². The number of methoxy groups -OCH3 is 1. The molecule has 0 bridgehead atoms. The number of rotatable bonds is 12. The van der Waals surface area contributed by atoms with Gasteiger partial charge in [-0.25, -0.2) is 4.79 Å². The molecule has 186 valence electrons. The van der Waals surface area contributed by atoms with Gasteiger partial charge in [0.2, 0.25) is 5.91 Å². The lowest BCUT2D eigenvalue weighted by molar-refractivity contribution is -0.383. The van der Waals surface area contributed by atoms with Crippen LogP contribution in [-0.4, -0.2) is 49.0 Å². The lowest BCUT2D eigenvalue weighted by Gasteiger charge is -2.09. The first-order chi connectivity index (χ1) is 16.7. The largest absolute Gasteiger partial charge is 0.497 e. The number of hydrogen-bond acceptors (Lipinski definition) is 9. The Morgan fingerprint density at radius 2 is 1.66 bits per heavy atom. The Hall–Kier alpha value is -4.48. The highest BCUT2D eigenvalue weighted by Gasteiger charge is 2.18. The Labute approximate surface area is 200 Å². The lowest BCUT2D eigenvalue weighted by atomic mass is 10.2. The highest BCUT2D eigenvalue weighted by atomic mass is 16.6. The van der Waals surface area contributed by atoms with Gasteiger partial charge in [0.25, 0.3) is 11.6 Å². The summed E-state index contributed by atoms with van der Waals surface area (Å²) in [7, 11) is 1.37. The molecule has 2 N–H and O–H groups in total. The number of carbonyl (C=O) groups is 4. The SMILES string of the molecule is CCCOC(=O)c1ccc(NC(=O)CCC(=O)OCC(=O)Nc2cc(OC)ccc2[N+](=O)[O-])cc1. The van der Waals surface area contributed by atoms with Gasteiger partial charge in [-0.05, 0) is 36.8 Å². The highest BCUT2D eigenvalue weighted by Crippen LogP contribution is 2.28. The Balaban J connectivity index is 1.77. The van der Waals surface area contributed by atoms with Crippen molar-refractivity contribution in [3.8, 4) is 5.75 Å². The van der Waals surface area contributed by atoms with Crippen molar-refractivity contribution in [3.05, 3.63) is 58.1 Å². The zero-order chi connectivity index (χ0) is 25.8. The summed E-state index contributed by atoms with van der Waals surface area (Å²) in [4.78, 5) is 58.2. The predicted octanol–water partition coefficient (Wildman–Crippen LogP) is 3.07. The molecule has 0 radical (unpaired) electrons. The zero-order valence-corrected chi connectivity index (χ0v) is 19.2. The van der Waals surface area contributed by atoms with Crippen LogP contribution < -0.4 is 15.4 Å². The quantitative estimate of drug-likeness (QED) is 0.260. The maximum absolute atomic E-state index is 12.1. The molecule has 12 heteroatoms. The van der Waals surface area contributed by atoms with Crippen molar-refractivity contribution < 1.29 is 38.3 Å². The maximum Gasteiger partial charge on any atom is 0.338 e. The Bertz CT molecular complexity index is 1080. The van der Waals surface area contributed by atoms with Gasteiger partial charge in [-0.2, -0.15) is 0 Å². The van der Waals surface area contributed by atoms with E-state index in [9.17, 15) is 29.3 Å². The van der Waals surface area contributed by atoms with Crippen molar-refractivity contribution in [2.45, 2.75) is 26.2 Å². The molecule has 2 rings (SSSR count). The maximum atomic E-state index is 12.1. The normalized spacial score (nSPS) is 10.1. The molecule has 2 amide bonds. The summed E-state index contributed by atoms with van der Waals surface area (Å²) < 4.78 is 14.8. The average Bonchev–Trinajstić information content (AvgIpc) is 2.84. The van der Waals surface area contributed by atoms with Gasteiger partial charge in [-0.3, -0.25) is 24.5 Å². The topological polar surface area (TPSA) is 163 Å². The second-order valence-corrected chi connectivity index (χ2v) is 7.11. The van der Waals surface area contributed by atoms with Gasteiger partial charge in [-0.15, -0.1) is 0 Å². The summed E-state index contributed by atoms with van der Waals surface area (Å²) in [6.45, 7) is 1.51. The van der Waals surface area contributed by atoms with Gasteiger partial charge in [0.15, 0.2) is 6.61 Å². The molecule has 0 atom stereocenters. The van der Waals surface area contributed by atoms with Crippen LogP contribution in [0.3, 0.4) is 0 Å². The van der Waals surface area contributed by atoms with E-state index in [4.69, 9.17) is 14.2 Å². The number of hydrogen-bond donors (Lipinski definition) is 2. The van der Waals surface area contributed by atoms with Crippen molar-refractivity contribution in [1.82, 2.24) is 0 Å². The van der Waals surface area contributed by atoms with Crippen molar-refractivity contribution in [3.63, 3.8) is 0 Å². The molecule has 0 aliphatic rings. The molecule has 0 saturated carbocycles. The fraction of sp³-hybridized carbons (Fsp3) is 0.304. The number of esters is 2. The standard InChI is InChI=1S/C23H25N3O9/c1-3-12-34-23(30)15-4-6-16(7-5-15)24-20(27)10-11-22(29)35-14-21(28)25-18-13-17(33-2)8-9-19(18)26(31)32/h4-9,13H,3,10-12,14H2,1-2H3,(H,24,27)(H,25,28). The monoisotopic (exact) mass is 487 g/mol. The number of nitrogens with one attached hydrogen (secondary N) is 2. The minimum atomic E-state index is -0.801. The van der Waals surface area contributed by atoms with Gasteiger partial charge in [0.05, 0.1) is 30.6 Å². The Kier molecular flexibility index (Phi) is 10.2. The third-order valence-corrected chi connectivity index (χ3v) is 4.44. The number of benzene rings is 2. The molecule has 0 spiro atoms. The highest BCUT2D eigenvalue weighted by molar-refractivity contribution is 5.96. The molecule has 0 fully saturated rings. The van der Waals surface area contributed by atoms with Crippen LogP contribution in [0.15, 0.2) is 42.5 Å². The number of amides is 2. The van der Waals surface area contributed by atoms with Gasteiger partial charge in [0, 0.05) is 24.2 Å². The molecule has 35 heavy (non-hydrogen) atoms. The molecule has 2 aromatic rings. The summed E-state index contributed by atoms with van der Waals surface area (Å²) in [6.07, 6.45) is 0.208. The van der Waals surface area contributed by atoms with Crippen LogP contribution in [0.5, 0.6) is 5.75 Å². The molecular formula is C23H25N3O9. The van der Waals surface area contributed by atoms with E-state index in [0.29, 0.717) is 30.0 Å². The van der Waals surface area contributed by atoms with Crippen LogP contribution >= 0.6 is 0 Å². The molecule has 0 heterocycles. The smallest absolute Gasteiger partial charge is 0.338 e. The number of nitro benzene ring substituents is 1. The third kappa shape index (κ3) is 8.76. The number of carbonyl (C=O) groups excluding carboxylic acids is 4. The van der Waals surface area contributed by atoms with E-state index >= 15 is 0 Å². The van der Waals surface area contributed by atoms with Crippen LogP contribution in [0, 0.1) is 10.1 Å². The number of nitrogens with zero attached hydrogens (tertiary/aromatic N) is 1. The van der Waals surface area contributed by atoms with Crippen LogP contribution in [0.1, 0.15) is 36.5 Å². The first-order valence-corrected chi connectivity index (χ1v) is 10.6. The summed E-state index contributed by atoms with van der Waals surface area (Å²) in [5.74, 6) is -2.24.